The Morgan fingerprint density at radius 3 is 2.14 bits per heavy atom. The van der Waals surface area contributed by atoms with Crippen LogP contribution in [-0.4, -0.2) is 36.6 Å². The summed E-state index contributed by atoms with van der Waals surface area (Å²) in [5, 5.41) is 0.948. The molecule has 112 valence electrons. The molecule has 0 radical (unpaired) electrons. The first kappa shape index (κ1) is 15.6. The fourth-order valence-corrected chi connectivity index (χ4v) is 2.92. The molecule has 1 aromatic rings. The number of carbonyl (C=O) groups is 1. The van der Waals surface area contributed by atoms with Crippen LogP contribution in [-0.2, 0) is 4.79 Å². The summed E-state index contributed by atoms with van der Waals surface area (Å²) in [5.41, 5.74) is 0.721. The molecular weight excluding hydrogens is 312 g/mol. The van der Waals surface area contributed by atoms with Crippen LogP contribution in [0.4, 0.5) is 0 Å². The molecule has 0 aromatic heterocycles. The molecule has 21 heavy (non-hydrogen) atoms. The predicted molar refractivity (Wildman–Crippen MR) is 85.3 cm³/mol. The van der Waals surface area contributed by atoms with Gasteiger partial charge in [0.25, 0.3) is 5.91 Å². The molecule has 1 aliphatic heterocycles. The summed E-state index contributed by atoms with van der Waals surface area (Å²) in [6.45, 7) is 0. The highest BCUT2D eigenvalue weighted by molar-refractivity contribution is 8.26. The van der Waals surface area contributed by atoms with Gasteiger partial charge in [-0.3, -0.25) is 4.79 Å². The largest absolute Gasteiger partial charge is 0.493 e. The van der Waals surface area contributed by atoms with Crippen molar-refractivity contribution in [3.05, 3.63) is 22.6 Å². The van der Waals surface area contributed by atoms with Gasteiger partial charge in [0.1, 0.15) is 0 Å². The van der Waals surface area contributed by atoms with Crippen LogP contribution in [0, 0.1) is 0 Å². The number of thioether (sulfide) groups is 1. The summed E-state index contributed by atoms with van der Waals surface area (Å²) in [6, 6.07) is 3.48. The van der Waals surface area contributed by atoms with Crippen LogP contribution in [0.25, 0.3) is 6.08 Å². The van der Waals surface area contributed by atoms with Gasteiger partial charge in [-0.1, -0.05) is 24.0 Å². The fraction of sp³-hybridized carbons (Fsp3) is 0.231. The van der Waals surface area contributed by atoms with Gasteiger partial charge in [-0.05, 0) is 23.8 Å². The number of amides is 1. The first-order valence-electron chi connectivity index (χ1n) is 5.84. The molecule has 0 saturated carbocycles. The van der Waals surface area contributed by atoms with Gasteiger partial charge in [-0.2, -0.15) is 0 Å². The van der Waals surface area contributed by atoms with Crippen LogP contribution in [0.3, 0.4) is 0 Å². The van der Waals surface area contributed by atoms with E-state index in [1.54, 1.807) is 18.2 Å². The molecule has 1 aliphatic rings. The number of hydrazine groups is 1. The molecule has 1 heterocycles. The highest BCUT2D eigenvalue weighted by Gasteiger charge is 2.29. The van der Waals surface area contributed by atoms with Crippen molar-refractivity contribution >= 4 is 40.3 Å². The van der Waals surface area contributed by atoms with E-state index in [9.17, 15) is 4.79 Å². The number of rotatable bonds is 4. The van der Waals surface area contributed by atoms with Crippen LogP contribution < -0.4 is 20.1 Å². The maximum Gasteiger partial charge on any atom is 0.280 e. The lowest BCUT2D eigenvalue weighted by Crippen LogP contribution is -2.34. The average Bonchev–Trinajstić information content (AvgIpc) is 2.73. The van der Waals surface area contributed by atoms with E-state index in [1.807, 2.05) is 0 Å². The third kappa shape index (κ3) is 2.97. The molecular formula is C13H14N2O4S2. The summed E-state index contributed by atoms with van der Waals surface area (Å²) in [7, 11) is 4.58. The van der Waals surface area contributed by atoms with Gasteiger partial charge in [-0.25, -0.2) is 10.9 Å². The van der Waals surface area contributed by atoms with Gasteiger partial charge >= 0.3 is 0 Å². The van der Waals surface area contributed by atoms with Crippen molar-refractivity contribution in [1.82, 2.24) is 5.01 Å². The number of hydrogen-bond acceptors (Lipinski definition) is 7. The number of thiocarbonyl (C=S) groups is 1. The van der Waals surface area contributed by atoms with Crippen LogP contribution >= 0.6 is 24.0 Å². The number of nitrogens with zero attached hydrogens (tertiary/aromatic N) is 1. The Hall–Kier alpha value is -1.77. The van der Waals surface area contributed by atoms with Gasteiger partial charge in [0.05, 0.1) is 26.2 Å². The van der Waals surface area contributed by atoms with Crippen molar-refractivity contribution in [3.8, 4) is 17.2 Å². The number of carbonyl (C=O) groups excluding carboxylic acids is 1. The van der Waals surface area contributed by atoms with E-state index in [4.69, 9.17) is 32.3 Å². The van der Waals surface area contributed by atoms with E-state index in [1.165, 1.54) is 21.3 Å². The lowest BCUT2D eigenvalue weighted by Gasteiger charge is -2.13. The minimum Gasteiger partial charge on any atom is -0.493 e. The van der Waals surface area contributed by atoms with E-state index in [0.717, 1.165) is 22.3 Å². The third-order valence-electron chi connectivity index (χ3n) is 2.81. The topological polar surface area (TPSA) is 74.0 Å². The number of hydrogen-bond donors (Lipinski definition) is 1. The molecule has 1 fully saturated rings. The number of nitrogens with two attached hydrogens (primary N) is 1. The zero-order chi connectivity index (χ0) is 15.6. The Morgan fingerprint density at radius 1 is 1.19 bits per heavy atom. The molecule has 1 amide bonds. The standard InChI is InChI=1S/C13H14N2O4S2/c1-17-8-4-7(5-9(18-2)11(8)19-3)6-10-12(16)15(14)13(20)21-10/h4-6H,14H2,1-3H3/b10-6-. The lowest BCUT2D eigenvalue weighted by atomic mass is 10.1. The summed E-state index contributed by atoms with van der Waals surface area (Å²) in [6.07, 6.45) is 1.68. The third-order valence-corrected chi connectivity index (χ3v) is 4.14. The maximum atomic E-state index is 11.9. The molecule has 0 spiro atoms. The second-order valence-corrected chi connectivity index (χ2v) is 5.69. The summed E-state index contributed by atoms with van der Waals surface area (Å²) < 4.78 is 16.1. The smallest absolute Gasteiger partial charge is 0.280 e. The number of ether oxygens (including phenoxy) is 3. The van der Waals surface area contributed by atoms with Gasteiger partial charge in [0, 0.05) is 0 Å². The van der Waals surface area contributed by atoms with E-state index in [-0.39, 0.29) is 5.91 Å². The summed E-state index contributed by atoms with van der Waals surface area (Å²) >= 11 is 6.13. The number of benzene rings is 1. The molecule has 0 unspecified atom stereocenters. The van der Waals surface area contributed by atoms with Crippen molar-refractivity contribution < 1.29 is 19.0 Å². The molecule has 6 nitrogen and oxygen atoms in total. The van der Waals surface area contributed by atoms with Crippen molar-refractivity contribution in [2.24, 2.45) is 5.84 Å². The normalized spacial score (nSPS) is 16.6. The van der Waals surface area contributed by atoms with E-state index < -0.39 is 0 Å². The van der Waals surface area contributed by atoms with Gasteiger partial charge < -0.3 is 14.2 Å². The number of methoxy groups -OCH3 is 3. The van der Waals surface area contributed by atoms with Crippen LogP contribution in [0.5, 0.6) is 17.2 Å². The molecule has 2 N–H and O–H groups in total. The van der Waals surface area contributed by atoms with Crippen molar-refractivity contribution in [2.75, 3.05) is 21.3 Å². The molecule has 0 atom stereocenters. The van der Waals surface area contributed by atoms with Gasteiger partial charge in [0.15, 0.2) is 15.8 Å². The van der Waals surface area contributed by atoms with Crippen molar-refractivity contribution in [2.45, 2.75) is 0 Å². The van der Waals surface area contributed by atoms with Crippen LogP contribution in [0.15, 0.2) is 17.0 Å². The minimum absolute atomic E-state index is 0.318. The first-order chi connectivity index (χ1) is 10.0. The van der Waals surface area contributed by atoms with E-state index in [2.05, 4.69) is 0 Å². The van der Waals surface area contributed by atoms with E-state index >= 15 is 0 Å². The van der Waals surface area contributed by atoms with Gasteiger partial charge in [0.2, 0.25) is 5.75 Å². The molecule has 2 rings (SSSR count). The van der Waals surface area contributed by atoms with Crippen molar-refractivity contribution in [3.63, 3.8) is 0 Å². The zero-order valence-electron chi connectivity index (χ0n) is 11.7. The fourth-order valence-electron chi connectivity index (χ4n) is 1.82. The molecule has 8 heteroatoms. The Labute approximate surface area is 131 Å². The maximum absolute atomic E-state index is 11.9. The molecule has 1 saturated heterocycles. The highest BCUT2D eigenvalue weighted by atomic mass is 32.2. The average molecular weight is 326 g/mol. The van der Waals surface area contributed by atoms with Gasteiger partial charge in [-0.15, -0.1) is 0 Å². The van der Waals surface area contributed by atoms with Crippen LogP contribution in [0.2, 0.25) is 0 Å². The summed E-state index contributed by atoms with van der Waals surface area (Å²) in [5.74, 6) is 6.70. The Kier molecular flexibility index (Phi) is 4.71. The summed E-state index contributed by atoms with van der Waals surface area (Å²) in [4.78, 5) is 12.3. The zero-order valence-corrected chi connectivity index (χ0v) is 13.3. The van der Waals surface area contributed by atoms with Crippen molar-refractivity contribution in [1.29, 1.82) is 0 Å². The minimum atomic E-state index is -0.334. The molecule has 1 aromatic carbocycles. The quantitative estimate of drug-likeness (QED) is 0.391. The predicted octanol–water partition coefficient (Wildman–Crippen LogP) is 1.79. The molecule has 0 aliphatic carbocycles. The Balaban J connectivity index is 2.46. The Morgan fingerprint density at radius 2 is 1.76 bits per heavy atom. The Bertz CT molecular complexity index is 606. The monoisotopic (exact) mass is 326 g/mol. The molecule has 0 bridgehead atoms. The van der Waals surface area contributed by atoms with Crippen LogP contribution in [0.1, 0.15) is 5.56 Å². The first-order valence-corrected chi connectivity index (χ1v) is 7.07. The highest BCUT2D eigenvalue weighted by Crippen LogP contribution is 2.39. The second-order valence-electron chi connectivity index (χ2n) is 4.01. The lowest BCUT2D eigenvalue weighted by molar-refractivity contribution is -0.122. The second kappa shape index (κ2) is 6.33. The van der Waals surface area contributed by atoms with E-state index in [0.29, 0.717) is 26.5 Å². The SMILES string of the molecule is COc1cc(/C=C2\SC(=S)N(N)C2=O)cc(OC)c1OC.